The summed E-state index contributed by atoms with van der Waals surface area (Å²) in [7, 11) is -3.91. The Morgan fingerprint density at radius 2 is 1.95 bits per heavy atom. The Hall–Kier alpha value is -1.60. The van der Waals surface area contributed by atoms with Gasteiger partial charge in [-0.05, 0) is 44.9 Å². The lowest BCUT2D eigenvalue weighted by Crippen LogP contribution is -2.34. The molecule has 1 amide bonds. The van der Waals surface area contributed by atoms with E-state index in [-0.39, 0.29) is 29.2 Å². The predicted molar refractivity (Wildman–Crippen MR) is 76.1 cm³/mol. The first-order chi connectivity index (χ1) is 9.11. The number of hydrogen-bond acceptors (Lipinski definition) is 4. The zero-order valence-electron chi connectivity index (χ0n) is 12.1. The van der Waals surface area contributed by atoms with Crippen molar-refractivity contribution in [2.24, 2.45) is 5.14 Å². The van der Waals surface area contributed by atoms with E-state index in [1.807, 2.05) is 13.8 Å². The highest BCUT2D eigenvalue weighted by atomic mass is 32.2. The number of hydrogen-bond donors (Lipinski definition) is 2. The van der Waals surface area contributed by atoms with Crippen molar-refractivity contribution in [3.63, 3.8) is 0 Å². The van der Waals surface area contributed by atoms with Gasteiger partial charge in [0.15, 0.2) is 6.61 Å². The first kappa shape index (κ1) is 16.5. The van der Waals surface area contributed by atoms with Crippen molar-refractivity contribution in [1.82, 2.24) is 5.32 Å². The monoisotopic (exact) mass is 300 g/mol. The van der Waals surface area contributed by atoms with Crippen molar-refractivity contribution in [3.8, 4) is 5.75 Å². The molecule has 0 aromatic heterocycles. The number of nitrogens with two attached hydrogens (primary N) is 1. The standard InChI is InChI=1S/C13H20N2O4S/c1-8(2)15-12(16)7-19-13-10(4)5-9(3)6-11(13)20(14,17)18/h5-6,8H,7H2,1-4H3,(H,15,16)(H2,14,17,18). The number of aryl methyl sites for hydroxylation is 2. The molecular formula is C13H20N2O4S. The van der Waals surface area contributed by atoms with E-state index in [1.165, 1.54) is 6.07 Å². The average molecular weight is 300 g/mol. The van der Waals surface area contributed by atoms with Crippen LogP contribution in [0.25, 0.3) is 0 Å². The van der Waals surface area contributed by atoms with Crippen molar-refractivity contribution < 1.29 is 17.9 Å². The fourth-order valence-electron chi connectivity index (χ4n) is 1.81. The zero-order chi connectivity index (χ0) is 15.5. The SMILES string of the molecule is Cc1cc(C)c(OCC(=O)NC(C)C)c(S(N)(=O)=O)c1. The second kappa shape index (κ2) is 6.23. The molecule has 20 heavy (non-hydrogen) atoms. The normalized spacial score (nSPS) is 11.5. The third-order valence-corrected chi connectivity index (χ3v) is 3.40. The van der Waals surface area contributed by atoms with Crippen molar-refractivity contribution >= 4 is 15.9 Å². The zero-order valence-corrected chi connectivity index (χ0v) is 12.9. The Balaban J connectivity index is 3.03. The lowest BCUT2D eigenvalue weighted by molar-refractivity contribution is -0.123. The van der Waals surface area contributed by atoms with Crippen LogP contribution >= 0.6 is 0 Å². The molecule has 7 heteroatoms. The van der Waals surface area contributed by atoms with Gasteiger partial charge < -0.3 is 10.1 Å². The molecule has 0 unspecified atom stereocenters. The number of amides is 1. The van der Waals surface area contributed by atoms with Crippen LogP contribution in [-0.2, 0) is 14.8 Å². The Kier molecular flexibility index (Phi) is 5.13. The first-order valence-corrected chi connectivity index (χ1v) is 7.72. The predicted octanol–water partition coefficient (Wildman–Crippen LogP) is 0.854. The molecular weight excluding hydrogens is 280 g/mol. The maximum Gasteiger partial charge on any atom is 0.258 e. The summed E-state index contributed by atoms with van der Waals surface area (Å²) in [5.41, 5.74) is 1.37. The minimum atomic E-state index is -3.91. The van der Waals surface area contributed by atoms with Crippen LogP contribution in [0.4, 0.5) is 0 Å². The van der Waals surface area contributed by atoms with E-state index in [2.05, 4.69) is 5.32 Å². The van der Waals surface area contributed by atoms with Crippen LogP contribution in [0.3, 0.4) is 0 Å². The van der Waals surface area contributed by atoms with Gasteiger partial charge in [-0.2, -0.15) is 0 Å². The topological polar surface area (TPSA) is 98.5 Å². The van der Waals surface area contributed by atoms with Crippen LogP contribution in [0, 0.1) is 13.8 Å². The highest BCUT2D eigenvalue weighted by Gasteiger charge is 2.19. The molecule has 0 aliphatic heterocycles. The number of ether oxygens (including phenoxy) is 1. The minimum absolute atomic E-state index is 0.0112. The van der Waals surface area contributed by atoms with Gasteiger partial charge in [0.1, 0.15) is 10.6 Å². The summed E-state index contributed by atoms with van der Waals surface area (Å²) < 4.78 is 28.5. The number of sulfonamides is 1. The lowest BCUT2D eigenvalue weighted by Gasteiger charge is -2.14. The van der Waals surface area contributed by atoms with Crippen LogP contribution in [0.1, 0.15) is 25.0 Å². The van der Waals surface area contributed by atoms with Crippen molar-refractivity contribution in [1.29, 1.82) is 0 Å². The molecule has 0 spiro atoms. The minimum Gasteiger partial charge on any atom is -0.482 e. The number of rotatable bonds is 5. The second-order valence-corrected chi connectivity index (χ2v) is 6.49. The van der Waals surface area contributed by atoms with Crippen molar-refractivity contribution in [2.75, 3.05) is 6.61 Å². The fourth-order valence-corrected chi connectivity index (χ4v) is 2.64. The van der Waals surface area contributed by atoms with Gasteiger partial charge in [0.25, 0.3) is 5.91 Å². The third kappa shape index (κ3) is 4.50. The molecule has 0 saturated carbocycles. The Bertz CT molecular complexity index is 609. The summed E-state index contributed by atoms with van der Waals surface area (Å²) in [4.78, 5) is 11.4. The quantitative estimate of drug-likeness (QED) is 0.842. The molecule has 1 aromatic carbocycles. The largest absolute Gasteiger partial charge is 0.482 e. The molecule has 0 bridgehead atoms. The van der Waals surface area contributed by atoms with Crippen LogP contribution in [0.2, 0.25) is 0 Å². The van der Waals surface area contributed by atoms with Gasteiger partial charge in [0.05, 0.1) is 0 Å². The second-order valence-electron chi connectivity index (χ2n) is 4.96. The van der Waals surface area contributed by atoms with Crippen molar-refractivity contribution in [2.45, 2.75) is 38.6 Å². The average Bonchev–Trinajstić information content (AvgIpc) is 2.24. The van der Waals surface area contributed by atoms with E-state index in [9.17, 15) is 13.2 Å². The van der Waals surface area contributed by atoms with Crippen LogP contribution in [0.5, 0.6) is 5.75 Å². The summed E-state index contributed by atoms with van der Waals surface area (Å²) in [6, 6.07) is 3.19. The van der Waals surface area contributed by atoms with Gasteiger partial charge in [-0.3, -0.25) is 4.79 Å². The molecule has 0 aliphatic carbocycles. The van der Waals surface area contributed by atoms with E-state index < -0.39 is 10.0 Å². The highest BCUT2D eigenvalue weighted by Crippen LogP contribution is 2.28. The van der Waals surface area contributed by atoms with Crippen LogP contribution in [-0.4, -0.2) is 27.0 Å². The smallest absolute Gasteiger partial charge is 0.258 e. The molecule has 0 atom stereocenters. The maximum atomic E-state index is 11.6. The Morgan fingerprint density at radius 3 is 2.45 bits per heavy atom. The molecule has 0 heterocycles. The number of benzene rings is 1. The van der Waals surface area contributed by atoms with E-state index in [0.717, 1.165) is 5.56 Å². The van der Waals surface area contributed by atoms with Gasteiger partial charge >= 0.3 is 0 Å². The summed E-state index contributed by atoms with van der Waals surface area (Å²) in [5, 5.41) is 7.83. The van der Waals surface area contributed by atoms with E-state index in [0.29, 0.717) is 5.56 Å². The molecule has 3 N–H and O–H groups in total. The lowest BCUT2D eigenvalue weighted by atomic mass is 10.1. The summed E-state index contributed by atoms with van der Waals surface area (Å²) in [6.07, 6.45) is 0. The van der Waals surface area contributed by atoms with E-state index in [1.54, 1.807) is 19.9 Å². The summed E-state index contributed by atoms with van der Waals surface area (Å²) in [6.45, 7) is 6.86. The van der Waals surface area contributed by atoms with E-state index >= 15 is 0 Å². The molecule has 1 aromatic rings. The molecule has 0 radical (unpaired) electrons. The molecule has 0 aliphatic rings. The Morgan fingerprint density at radius 1 is 1.35 bits per heavy atom. The number of carbonyl (C=O) groups excluding carboxylic acids is 1. The van der Waals surface area contributed by atoms with Crippen LogP contribution < -0.4 is 15.2 Å². The molecule has 6 nitrogen and oxygen atoms in total. The number of carbonyl (C=O) groups is 1. The van der Waals surface area contributed by atoms with Gasteiger partial charge in [0.2, 0.25) is 10.0 Å². The molecule has 0 fully saturated rings. The summed E-state index contributed by atoms with van der Waals surface area (Å²) in [5.74, 6) is -0.197. The highest BCUT2D eigenvalue weighted by molar-refractivity contribution is 7.89. The molecule has 0 saturated heterocycles. The fraction of sp³-hybridized carbons (Fsp3) is 0.462. The van der Waals surface area contributed by atoms with E-state index in [4.69, 9.17) is 9.88 Å². The van der Waals surface area contributed by atoms with Gasteiger partial charge in [-0.1, -0.05) is 6.07 Å². The van der Waals surface area contributed by atoms with Gasteiger partial charge in [-0.25, -0.2) is 13.6 Å². The van der Waals surface area contributed by atoms with Crippen molar-refractivity contribution in [3.05, 3.63) is 23.3 Å². The van der Waals surface area contributed by atoms with Gasteiger partial charge in [0, 0.05) is 6.04 Å². The Labute approximate surface area is 119 Å². The molecule has 112 valence electrons. The van der Waals surface area contributed by atoms with Crippen LogP contribution in [0.15, 0.2) is 17.0 Å². The third-order valence-electron chi connectivity index (χ3n) is 2.49. The molecule has 1 rings (SSSR count). The van der Waals surface area contributed by atoms with Gasteiger partial charge in [-0.15, -0.1) is 0 Å². The number of nitrogens with one attached hydrogen (secondary N) is 1. The number of primary sulfonamides is 1. The first-order valence-electron chi connectivity index (χ1n) is 6.17. The summed E-state index contributed by atoms with van der Waals surface area (Å²) >= 11 is 0. The maximum absolute atomic E-state index is 11.6.